The zero-order valence-corrected chi connectivity index (χ0v) is 12.2. The van der Waals surface area contributed by atoms with Crippen LogP contribution in [0.3, 0.4) is 0 Å². The van der Waals surface area contributed by atoms with Gasteiger partial charge in [0.25, 0.3) is 10.0 Å². The second kappa shape index (κ2) is 5.53. The van der Waals surface area contributed by atoms with Crippen LogP contribution in [0, 0.1) is 0 Å². The van der Waals surface area contributed by atoms with Crippen LogP contribution in [-0.4, -0.2) is 30.3 Å². The third-order valence-electron chi connectivity index (χ3n) is 2.02. The number of halogens is 2. The number of rotatable bonds is 4. The molecule has 1 heterocycles. The lowest BCUT2D eigenvalue weighted by atomic mass is 10.1. The molecule has 100 valence electrons. The quantitative estimate of drug-likeness (QED) is 0.848. The van der Waals surface area contributed by atoms with E-state index in [0.717, 1.165) is 0 Å². The van der Waals surface area contributed by atoms with E-state index in [9.17, 15) is 8.42 Å². The Morgan fingerprint density at radius 3 is 2.47 bits per heavy atom. The highest BCUT2D eigenvalue weighted by Gasteiger charge is 2.29. The maximum atomic E-state index is 12.0. The van der Waals surface area contributed by atoms with Gasteiger partial charge in [0.2, 0.25) is 0 Å². The molecule has 0 spiro atoms. The summed E-state index contributed by atoms with van der Waals surface area (Å²) < 4.78 is 27.7. The maximum Gasteiger partial charge on any atom is 0.259 e. The van der Waals surface area contributed by atoms with Gasteiger partial charge in [-0.3, -0.25) is 4.68 Å². The van der Waals surface area contributed by atoms with Crippen molar-refractivity contribution in [2.24, 2.45) is 12.8 Å². The number of aryl methyl sites for hydroxylation is 1. The molecule has 1 rings (SSSR count). The average molecular weight is 303 g/mol. The molecule has 0 saturated carbocycles. The zero-order valence-electron chi connectivity index (χ0n) is 9.77. The summed E-state index contributed by atoms with van der Waals surface area (Å²) in [5.74, 6) is 0. The van der Waals surface area contributed by atoms with E-state index in [0.29, 0.717) is 0 Å². The number of hydrogen-bond donors (Lipinski definition) is 2. The van der Waals surface area contributed by atoms with Crippen molar-refractivity contribution in [3.8, 4) is 0 Å². The van der Waals surface area contributed by atoms with Crippen molar-refractivity contribution in [3.63, 3.8) is 0 Å². The molecule has 0 aliphatic rings. The van der Waals surface area contributed by atoms with Crippen LogP contribution in [0.5, 0.6) is 0 Å². The summed E-state index contributed by atoms with van der Waals surface area (Å²) in [4.78, 5) is 0. The third kappa shape index (κ3) is 3.82. The van der Waals surface area contributed by atoms with Crippen LogP contribution in [0.25, 0.3) is 0 Å². The molecule has 0 aliphatic carbocycles. The molecule has 1 aromatic rings. The monoisotopic (exact) mass is 302 g/mol. The lowest BCUT2D eigenvalue weighted by Gasteiger charge is -2.23. The Morgan fingerprint density at radius 2 is 2.12 bits per heavy atom. The molecule has 0 atom stereocenters. The maximum absolute atomic E-state index is 12.0. The van der Waals surface area contributed by atoms with Crippen LogP contribution in [0.4, 0.5) is 0 Å². The summed E-state index contributed by atoms with van der Waals surface area (Å²) in [5.41, 5.74) is 4.73. The minimum atomic E-state index is -3.71. The molecule has 0 bridgehead atoms. The van der Waals surface area contributed by atoms with Gasteiger partial charge in [-0.1, -0.05) is 11.6 Å². The summed E-state index contributed by atoms with van der Waals surface area (Å²) in [6.45, 7) is 3.56. The van der Waals surface area contributed by atoms with Gasteiger partial charge in [-0.05, 0) is 13.8 Å². The summed E-state index contributed by atoms with van der Waals surface area (Å²) in [6.07, 6.45) is 1.28. The van der Waals surface area contributed by atoms with E-state index >= 15 is 0 Å². The summed E-state index contributed by atoms with van der Waals surface area (Å²) >= 11 is 5.77. The first-order valence-electron chi connectivity index (χ1n) is 4.61. The summed E-state index contributed by atoms with van der Waals surface area (Å²) in [7, 11) is -2.20. The number of hydrogen-bond acceptors (Lipinski definition) is 4. The van der Waals surface area contributed by atoms with E-state index in [1.54, 1.807) is 13.8 Å². The first-order valence-corrected chi connectivity index (χ1v) is 6.47. The van der Waals surface area contributed by atoms with Gasteiger partial charge in [-0.2, -0.15) is 5.10 Å². The zero-order chi connectivity index (χ0) is 12.6. The Hall–Kier alpha value is -0.340. The second-order valence-corrected chi connectivity index (χ2v) is 6.12. The molecule has 0 saturated heterocycles. The average Bonchev–Trinajstić information content (AvgIpc) is 2.44. The molecular formula is C8H16Cl2N4O2S. The number of nitrogens with two attached hydrogens (primary N) is 1. The van der Waals surface area contributed by atoms with Crippen LogP contribution < -0.4 is 10.5 Å². The first-order chi connectivity index (χ1) is 7.19. The number of nitrogens with zero attached hydrogens (tertiary/aromatic N) is 2. The Bertz CT molecular complexity index is 464. The largest absolute Gasteiger partial charge is 0.329 e. The van der Waals surface area contributed by atoms with E-state index in [4.69, 9.17) is 17.3 Å². The molecular weight excluding hydrogens is 287 g/mol. The molecule has 0 aliphatic heterocycles. The van der Waals surface area contributed by atoms with Gasteiger partial charge in [0.15, 0.2) is 5.03 Å². The molecule has 1 aromatic heterocycles. The van der Waals surface area contributed by atoms with E-state index in [1.165, 1.54) is 17.9 Å². The summed E-state index contributed by atoms with van der Waals surface area (Å²) in [5, 5.41) is 3.80. The SMILES string of the molecule is Cl.Cn1ncc(Cl)c1S(=O)(=O)NC(C)(C)CN. The van der Waals surface area contributed by atoms with E-state index in [1.807, 2.05) is 0 Å². The minimum absolute atomic E-state index is 0. The number of aromatic nitrogens is 2. The van der Waals surface area contributed by atoms with Gasteiger partial charge in [0.1, 0.15) is 0 Å². The number of nitrogens with one attached hydrogen (secondary N) is 1. The Morgan fingerprint density at radius 1 is 1.59 bits per heavy atom. The van der Waals surface area contributed by atoms with Gasteiger partial charge in [0, 0.05) is 19.1 Å². The Balaban J connectivity index is 0.00000256. The van der Waals surface area contributed by atoms with Crippen LogP contribution in [-0.2, 0) is 17.1 Å². The van der Waals surface area contributed by atoms with E-state index < -0.39 is 15.6 Å². The predicted octanol–water partition coefficient (Wildman–Crippen LogP) is 0.511. The second-order valence-electron chi connectivity index (χ2n) is 4.11. The smallest absolute Gasteiger partial charge is 0.259 e. The lowest BCUT2D eigenvalue weighted by molar-refractivity contribution is 0.458. The first kappa shape index (κ1) is 16.7. The number of sulfonamides is 1. The summed E-state index contributed by atoms with van der Waals surface area (Å²) in [6, 6.07) is 0. The van der Waals surface area contributed by atoms with Crippen molar-refractivity contribution >= 4 is 34.0 Å². The predicted molar refractivity (Wildman–Crippen MR) is 68.9 cm³/mol. The van der Waals surface area contributed by atoms with Gasteiger partial charge in [-0.15, -0.1) is 12.4 Å². The van der Waals surface area contributed by atoms with Crippen LogP contribution >= 0.6 is 24.0 Å². The van der Waals surface area contributed by atoms with Crippen molar-refractivity contribution < 1.29 is 8.42 Å². The van der Waals surface area contributed by atoms with E-state index in [2.05, 4.69) is 9.82 Å². The normalized spacial score (nSPS) is 12.3. The van der Waals surface area contributed by atoms with Crippen LogP contribution in [0.15, 0.2) is 11.2 Å². The Labute approximate surface area is 112 Å². The highest BCUT2D eigenvalue weighted by molar-refractivity contribution is 7.89. The highest BCUT2D eigenvalue weighted by Crippen LogP contribution is 2.20. The fourth-order valence-corrected chi connectivity index (χ4v) is 3.24. The van der Waals surface area contributed by atoms with Gasteiger partial charge >= 0.3 is 0 Å². The molecule has 0 amide bonds. The van der Waals surface area contributed by atoms with Crippen molar-refractivity contribution in [1.82, 2.24) is 14.5 Å². The molecule has 0 radical (unpaired) electrons. The molecule has 3 N–H and O–H groups in total. The minimum Gasteiger partial charge on any atom is -0.329 e. The third-order valence-corrected chi connectivity index (χ3v) is 4.22. The molecule has 17 heavy (non-hydrogen) atoms. The van der Waals surface area contributed by atoms with Crippen molar-refractivity contribution in [2.45, 2.75) is 24.4 Å². The molecule has 0 fully saturated rings. The van der Waals surface area contributed by atoms with Gasteiger partial charge in [-0.25, -0.2) is 13.1 Å². The van der Waals surface area contributed by atoms with Crippen molar-refractivity contribution in [1.29, 1.82) is 0 Å². The van der Waals surface area contributed by atoms with Crippen LogP contribution in [0.2, 0.25) is 5.02 Å². The highest BCUT2D eigenvalue weighted by atomic mass is 35.5. The van der Waals surface area contributed by atoms with Crippen molar-refractivity contribution in [2.75, 3.05) is 6.54 Å². The van der Waals surface area contributed by atoms with Crippen LogP contribution in [0.1, 0.15) is 13.8 Å². The standard InChI is InChI=1S/C8H15ClN4O2S.ClH/c1-8(2,5-10)12-16(14,15)7-6(9)4-11-13(7)3;/h4,12H,5,10H2,1-3H3;1H. The molecule has 0 unspecified atom stereocenters. The topological polar surface area (TPSA) is 90.0 Å². The fraction of sp³-hybridized carbons (Fsp3) is 0.625. The van der Waals surface area contributed by atoms with E-state index in [-0.39, 0.29) is 29.0 Å². The van der Waals surface area contributed by atoms with Crippen molar-refractivity contribution in [3.05, 3.63) is 11.2 Å². The van der Waals surface area contributed by atoms with Gasteiger partial charge < -0.3 is 5.73 Å². The molecule has 6 nitrogen and oxygen atoms in total. The lowest BCUT2D eigenvalue weighted by Crippen LogP contribution is -2.49. The fourth-order valence-electron chi connectivity index (χ4n) is 1.16. The molecule has 9 heteroatoms. The Kier molecular flexibility index (Phi) is 5.42. The molecule has 0 aromatic carbocycles. The van der Waals surface area contributed by atoms with Gasteiger partial charge in [0.05, 0.1) is 11.2 Å².